The normalized spacial score (nSPS) is 27.4. The summed E-state index contributed by atoms with van der Waals surface area (Å²) in [6.45, 7) is 0.492. The second kappa shape index (κ2) is 6.08. The smallest absolute Gasteiger partial charge is 0.325 e. The molecular weight excluding hydrogens is 325 g/mol. The van der Waals surface area contributed by atoms with Crippen molar-refractivity contribution in [2.24, 2.45) is 5.92 Å². The van der Waals surface area contributed by atoms with Crippen LogP contribution in [0.15, 0.2) is 24.3 Å². The van der Waals surface area contributed by atoms with Crippen molar-refractivity contribution < 1.29 is 18.0 Å². The van der Waals surface area contributed by atoms with Crippen LogP contribution in [0.5, 0.6) is 0 Å². The minimum Gasteiger partial charge on any atom is -0.325 e. The predicted molar refractivity (Wildman–Crippen MR) is 80.7 cm³/mol. The first kappa shape index (κ1) is 16.2. The standard InChI is InChI=1S/C16H15F3N2OS/c17-16(18,19)14-4-2-1-3-11(14)12-7-13(12)15(22)21-5-6-23-9-10(21)8-20/h1-4,10,12-13H,5-7,9H2/t10-,12-,13+/m1/s1. The van der Waals surface area contributed by atoms with E-state index in [0.717, 1.165) is 11.8 Å². The highest BCUT2D eigenvalue weighted by molar-refractivity contribution is 7.99. The molecule has 0 aromatic heterocycles. The number of halogens is 3. The van der Waals surface area contributed by atoms with Crippen LogP contribution in [0.4, 0.5) is 13.2 Å². The molecule has 1 aromatic rings. The van der Waals surface area contributed by atoms with E-state index in [0.29, 0.717) is 18.7 Å². The average molecular weight is 340 g/mol. The van der Waals surface area contributed by atoms with Crippen molar-refractivity contribution in [2.45, 2.75) is 24.6 Å². The zero-order valence-electron chi connectivity index (χ0n) is 12.2. The Hall–Kier alpha value is -1.68. The van der Waals surface area contributed by atoms with Crippen LogP contribution in [-0.4, -0.2) is 34.9 Å². The van der Waals surface area contributed by atoms with Crippen LogP contribution in [0.1, 0.15) is 23.5 Å². The van der Waals surface area contributed by atoms with Crippen LogP contribution in [0.3, 0.4) is 0 Å². The summed E-state index contributed by atoms with van der Waals surface area (Å²) in [5, 5.41) is 9.14. The van der Waals surface area contributed by atoms with Crippen LogP contribution in [-0.2, 0) is 11.0 Å². The van der Waals surface area contributed by atoms with Gasteiger partial charge in [0.05, 0.1) is 11.6 Å². The van der Waals surface area contributed by atoms with Crippen molar-refractivity contribution >= 4 is 17.7 Å². The van der Waals surface area contributed by atoms with Gasteiger partial charge in [0.15, 0.2) is 0 Å². The van der Waals surface area contributed by atoms with Gasteiger partial charge in [0, 0.05) is 24.0 Å². The number of hydrogen-bond acceptors (Lipinski definition) is 3. The lowest BCUT2D eigenvalue weighted by Gasteiger charge is -2.31. The molecule has 0 spiro atoms. The Labute approximate surface area is 136 Å². The Balaban J connectivity index is 1.78. The lowest BCUT2D eigenvalue weighted by atomic mass is 10.0. The van der Waals surface area contributed by atoms with Crippen LogP contribution in [0.25, 0.3) is 0 Å². The second-order valence-corrected chi connectivity index (χ2v) is 6.93. The molecule has 3 rings (SSSR count). The van der Waals surface area contributed by atoms with Crippen molar-refractivity contribution in [2.75, 3.05) is 18.1 Å². The van der Waals surface area contributed by atoms with Crippen LogP contribution < -0.4 is 0 Å². The monoisotopic (exact) mass is 340 g/mol. The fourth-order valence-electron chi connectivity index (χ4n) is 3.08. The van der Waals surface area contributed by atoms with Gasteiger partial charge in [0.25, 0.3) is 0 Å². The van der Waals surface area contributed by atoms with E-state index in [1.165, 1.54) is 17.0 Å². The largest absolute Gasteiger partial charge is 0.416 e. The Bertz CT molecular complexity index is 655. The molecular formula is C16H15F3N2OS. The zero-order valence-corrected chi connectivity index (χ0v) is 13.0. The number of carbonyl (C=O) groups is 1. The van der Waals surface area contributed by atoms with Crippen LogP contribution in [0, 0.1) is 17.2 Å². The third-order valence-corrected chi connectivity index (χ3v) is 5.36. The molecule has 2 aliphatic rings. The number of rotatable bonds is 2. The van der Waals surface area contributed by atoms with Crippen molar-refractivity contribution in [3.63, 3.8) is 0 Å². The number of carbonyl (C=O) groups excluding carboxylic acids is 1. The van der Waals surface area contributed by atoms with E-state index in [1.54, 1.807) is 17.8 Å². The maximum absolute atomic E-state index is 13.1. The fraction of sp³-hybridized carbons (Fsp3) is 0.500. The lowest BCUT2D eigenvalue weighted by Crippen LogP contribution is -2.46. The molecule has 1 heterocycles. The SMILES string of the molecule is N#C[C@@H]1CSCCN1C(=O)[C@H]1C[C@@H]1c1ccccc1C(F)(F)F. The molecule has 2 fully saturated rings. The zero-order chi connectivity index (χ0) is 16.6. The maximum Gasteiger partial charge on any atom is 0.416 e. The van der Waals surface area contributed by atoms with Gasteiger partial charge in [-0.3, -0.25) is 4.79 Å². The molecule has 7 heteroatoms. The lowest BCUT2D eigenvalue weighted by molar-refractivity contribution is -0.138. The highest BCUT2D eigenvalue weighted by Crippen LogP contribution is 2.52. The summed E-state index contributed by atoms with van der Waals surface area (Å²) in [6, 6.07) is 7.08. The molecule has 23 heavy (non-hydrogen) atoms. The summed E-state index contributed by atoms with van der Waals surface area (Å²) < 4.78 is 39.3. The minimum absolute atomic E-state index is 0.182. The molecule has 1 saturated heterocycles. The number of thioether (sulfide) groups is 1. The second-order valence-electron chi connectivity index (χ2n) is 5.79. The number of alkyl halides is 3. The molecule has 0 radical (unpaired) electrons. The van der Waals surface area contributed by atoms with Crippen molar-refractivity contribution in [3.8, 4) is 6.07 Å². The van der Waals surface area contributed by atoms with Gasteiger partial charge in [0.2, 0.25) is 5.91 Å². The van der Waals surface area contributed by atoms with Gasteiger partial charge in [-0.2, -0.15) is 30.2 Å². The third-order valence-electron chi connectivity index (χ3n) is 4.33. The molecule has 0 unspecified atom stereocenters. The summed E-state index contributed by atoms with van der Waals surface area (Å²) in [7, 11) is 0. The van der Waals surface area contributed by atoms with Crippen LogP contribution >= 0.6 is 11.8 Å². The summed E-state index contributed by atoms with van der Waals surface area (Å²) in [5.74, 6) is 0.324. The molecule has 1 saturated carbocycles. The van der Waals surface area contributed by atoms with E-state index in [9.17, 15) is 18.0 Å². The van der Waals surface area contributed by atoms with Gasteiger partial charge < -0.3 is 4.90 Å². The van der Waals surface area contributed by atoms with Crippen LogP contribution in [0.2, 0.25) is 0 Å². The Kier molecular flexibility index (Phi) is 4.28. The number of amides is 1. The highest BCUT2D eigenvalue weighted by Gasteiger charge is 2.50. The van der Waals surface area contributed by atoms with Gasteiger partial charge >= 0.3 is 6.18 Å². The molecule has 122 valence electrons. The van der Waals surface area contributed by atoms with Gasteiger partial charge in [-0.15, -0.1) is 0 Å². The van der Waals surface area contributed by atoms with Gasteiger partial charge in [0.1, 0.15) is 6.04 Å². The summed E-state index contributed by atoms with van der Waals surface area (Å²) in [5.41, 5.74) is -0.468. The minimum atomic E-state index is -4.41. The number of nitrogens with zero attached hydrogens (tertiary/aromatic N) is 2. The molecule has 1 aliphatic carbocycles. The number of benzene rings is 1. The first-order valence-corrected chi connectivity index (χ1v) is 8.53. The quantitative estimate of drug-likeness (QED) is 0.830. The van der Waals surface area contributed by atoms with E-state index < -0.39 is 29.6 Å². The molecule has 1 aliphatic heterocycles. The van der Waals surface area contributed by atoms with E-state index >= 15 is 0 Å². The van der Waals surface area contributed by atoms with Crippen molar-refractivity contribution in [1.29, 1.82) is 5.26 Å². The molecule has 1 amide bonds. The summed E-state index contributed by atoms with van der Waals surface area (Å²) in [6.07, 6.45) is -3.99. The topological polar surface area (TPSA) is 44.1 Å². The Morgan fingerprint density at radius 3 is 2.78 bits per heavy atom. The van der Waals surface area contributed by atoms with E-state index in [4.69, 9.17) is 5.26 Å². The summed E-state index contributed by atoms with van der Waals surface area (Å²) >= 11 is 1.62. The number of hydrogen-bond donors (Lipinski definition) is 0. The molecule has 3 nitrogen and oxygen atoms in total. The molecule has 1 aromatic carbocycles. The van der Waals surface area contributed by atoms with Gasteiger partial charge in [-0.1, -0.05) is 18.2 Å². The highest BCUT2D eigenvalue weighted by atomic mass is 32.2. The molecule has 0 N–H and O–H groups in total. The third kappa shape index (κ3) is 3.18. The van der Waals surface area contributed by atoms with Crippen molar-refractivity contribution in [1.82, 2.24) is 4.90 Å². The first-order chi connectivity index (χ1) is 10.9. The summed E-state index contributed by atoms with van der Waals surface area (Å²) in [4.78, 5) is 14.1. The number of nitriles is 1. The van der Waals surface area contributed by atoms with E-state index in [-0.39, 0.29) is 11.5 Å². The molecule has 0 bridgehead atoms. The first-order valence-electron chi connectivity index (χ1n) is 7.37. The van der Waals surface area contributed by atoms with E-state index in [2.05, 4.69) is 6.07 Å². The maximum atomic E-state index is 13.1. The Morgan fingerprint density at radius 1 is 1.35 bits per heavy atom. The predicted octanol–water partition coefficient (Wildman–Crippen LogP) is 3.28. The fourth-order valence-corrected chi connectivity index (χ4v) is 4.05. The molecule has 3 atom stereocenters. The average Bonchev–Trinajstić information content (AvgIpc) is 3.34. The van der Waals surface area contributed by atoms with Gasteiger partial charge in [-0.25, -0.2) is 0 Å². The van der Waals surface area contributed by atoms with E-state index in [1.807, 2.05) is 0 Å². The van der Waals surface area contributed by atoms with Gasteiger partial charge in [-0.05, 0) is 24.0 Å². The van der Waals surface area contributed by atoms with Crippen molar-refractivity contribution in [3.05, 3.63) is 35.4 Å². The Morgan fingerprint density at radius 2 is 2.09 bits per heavy atom.